The number of nitrogen functional groups attached to an aromatic ring is 1. The SMILES string of the molecule is CCc1cccc(C)c1NC(=O)C(C)Sc1nc(N)c(C#N)c(-c2c([O-])on[n+]2C)c1C#N. The molecular formula is C22H21N7O3S. The van der Waals surface area contributed by atoms with Crippen molar-refractivity contribution in [3.8, 4) is 29.3 Å². The molecule has 2 aromatic heterocycles. The molecule has 1 aromatic carbocycles. The average Bonchev–Trinajstić information content (AvgIpc) is 3.12. The maximum atomic E-state index is 13.0. The van der Waals surface area contributed by atoms with Crippen molar-refractivity contribution < 1.29 is 19.1 Å². The number of nitriles is 2. The summed E-state index contributed by atoms with van der Waals surface area (Å²) in [6.07, 6.45) is 0.752. The van der Waals surface area contributed by atoms with E-state index in [1.807, 2.05) is 44.2 Å². The van der Waals surface area contributed by atoms with E-state index in [1.54, 1.807) is 6.92 Å². The van der Waals surface area contributed by atoms with Crippen LogP contribution in [-0.4, -0.2) is 21.4 Å². The summed E-state index contributed by atoms with van der Waals surface area (Å²) in [6, 6.07) is 9.66. The molecule has 3 aromatic rings. The van der Waals surface area contributed by atoms with E-state index in [4.69, 9.17) is 5.73 Å². The van der Waals surface area contributed by atoms with Crippen LogP contribution >= 0.6 is 11.8 Å². The van der Waals surface area contributed by atoms with Gasteiger partial charge < -0.3 is 20.7 Å². The molecule has 1 unspecified atom stereocenters. The van der Waals surface area contributed by atoms with Gasteiger partial charge in [0.2, 0.25) is 5.91 Å². The summed E-state index contributed by atoms with van der Waals surface area (Å²) in [5, 5.41) is 37.6. The number of nitrogens with two attached hydrogens (primary N) is 1. The van der Waals surface area contributed by atoms with Crippen molar-refractivity contribution in [3.05, 3.63) is 40.5 Å². The Morgan fingerprint density at radius 3 is 2.64 bits per heavy atom. The third kappa shape index (κ3) is 4.45. The molecule has 0 aliphatic heterocycles. The number of rotatable bonds is 6. The highest BCUT2D eigenvalue weighted by atomic mass is 32.2. The van der Waals surface area contributed by atoms with E-state index in [-0.39, 0.29) is 39.1 Å². The lowest BCUT2D eigenvalue weighted by Gasteiger charge is -2.17. The Kier molecular flexibility index (Phi) is 6.85. The van der Waals surface area contributed by atoms with Crippen molar-refractivity contribution in [3.63, 3.8) is 0 Å². The Hall–Kier alpha value is -4.09. The van der Waals surface area contributed by atoms with Crippen LogP contribution in [0, 0.1) is 29.6 Å². The summed E-state index contributed by atoms with van der Waals surface area (Å²) in [5.74, 6) is -1.29. The van der Waals surface area contributed by atoms with E-state index >= 15 is 0 Å². The smallest absolute Gasteiger partial charge is 0.266 e. The van der Waals surface area contributed by atoms with Crippen LogP contribution < -0.4 is 20.8 Å². The van der Waals surface area contributed by atoms with Crippen LogP contribution in [0.2, 0.25) is 0 Å². The first-order chi connectivity index (χ1) is 15.7. The second-order valence-corrected chi connectivity index (χ2v) is 8.52. The van der Waals surface area contributed by atoms with Crippen molar-refractivity contribution in [1.29, 1.82) is 10.5 Å². The van der Waals surface area contributed by atoms with E-state index in [1.165, 1.54) is 7.05 Å². The number of aryl methyl sites for hydroxylation is 3. The van der Waals surface area contributed by atoms with Crippen molar-refractivity contribution >= 4 is 29.2 Å². The third-order valence-electron chi connectivity index (χ3n) is 5.06. The summed E-state index contributed by atoms with van der Waals surface area (Å²) in [5.41, 5.74) is 8.32. The minimum atomic E-state index is -0.829. The van der Waals surface area contributed by atoms with Gasteiger partial charge in [0.15, 0.2) is 13.0 Å². The summed E-state index contributed by atoms with van der Waals surface area (Å²) < 4.78 is 5.77. The van der Waals surface area contributed by atoms with Crippen molar-refractivity contribution in [2.75, 3.05) is 11.1 Å². The van der Waals surface area contributed by atoms with Crippen molar-refractivity contribution in [2.24, 2.45) is 7.05 Å². The van der Waals surface area contributed by atoms with E-state index < -0.39 is 11.2 Å². The molecule has 0 aliphatic carbocycles. The predicted octanol–water partition coefficient (Wildman–Crippen LogP) is 1.95. The number of amides is 1. The Balaban J connectivity index is 2.02. The van der Waals surface area contributed by atoms with Gasteiger partial charge in [-0.3, -0.25) is 4.79 Å². The summed E-state index contributed by atoms with van der Waals surface area (Å²) in [4.78, 5) is 17.1. The molecule has 168 valence electrons. The molecule has 3 rings (SSSR count). The molecule has 1 atom stereocenters. The Bertz CT molecular complexity index is 1300. The minimum Gasteiger partial charge on any atom is -0.539 e. The van der Waals surface area contributed by atoms with Crippen LogP contribution in [0.4, 0.5) is 11.5 Å². The number of nitrogens with one attached hydrogen (secondary N) is 1. The van der Waals surface area contributed by atoms with Gasteiger partial charge >= 0.3 is 0 Å². The fraction of sp³-hybridized carbons (Fsp3) is 0.273. The van der Waals surface area contributed by atoms with Crippen LogP contribution in [0.25, 0.3) is 11.3 Å². The largest absolute Gasteiger partial charge is 0.539 e. The fourth-order valence-electron chi connectivity index (χ4n) is 3.35. The number of para-hydroxylation sites is 1. The summed E-state index contributed by atoms with van der Waals surface area (Å²) in [7, 11) is 1.44. The molecule has 11 heteroatoms. The van der Waals surface area contributed by atoms with E-state index in [2.05, 4.69) is 20.1 Å². The second-order valence-electron chi connectivity index (χ2n) is 7.20. The lowest BCUT2D eigenvalue weighted by molar-refractivity contribution is -0.730. The lowest BCUT2D eigenvalue weighted by Crippen LogP contribution is -2.32. The number of benzene rings is 1. The highest BCUT2D eigenvalue weighted by Crippen LogP contribution is 2.38. The Morgan fingerprint density at radius 1 is 1.36 bits per heavy atom. The molecule has 0 fully saturated rings. The number of hydrogen-bond donors (Lipinski definition) is 2. The number of carbonyl (C=O) groups excluding carboxylic acids is 1. The number of hydrogen-bond acceptors (Lipinski definition) is 9. The number of anilines is 2. The predicted molar refractivity (Wildman–Crippen MR) is 119 cm³/mol. The third-order valence-corrected chi connectivity index (χ3v) is 6.15. The molecular weight excluding hydrogens is 442 g/mol. The summed E-state index contributed by atoms with van der Waals surface area (Å²) in [6.45, 7) is 5.58. The Morgan fingerprint density at radius 2 is 2.06 bits per heavy atom. The van der Waals surface area contributed by atoms with Crippen molar-refractivity contribution in [1.82, 2.24) is 10.3 Å². The van der Waals surface area contributed by atoms with Crippen LogP contribution in [0.1, 0.15) is 36.1 Å². The van der Waals surface area contributed by atoms with E-state index in [0.717, 1.165) is 39.7 Å². The van der Waals surface area contributed by atoms with Crippen LogP contribution in [0.5, 0.6) is 5.95 Å². The number of nitrogens with zero attached hydrogens (tertiary/aromatic N) is 5. The van der Waals surface area contributed by atoms with Crippen molar-refractivity contribution in [2.45, 2.75) is 37.5 Å². The normalized spacial score (nSPS) is 11.5. The molecule has 0 spiro atoms. The quantitative estimate of drug-likeness (QED) is 0.410. The minimum absolute atomic E-state index is 0.0245. The number of carbonyl (C=O) groups is 1. The highest BCUT2D eigenvalue weighted by Gasteiger charge is 2.30. The molecule has 0 aliphatic rings. The van der Waals surface area contributed by atoms with E-state index in [0.29, 0.717) is 0 Å². The first-order valence-electron chi connectivity index (χ1n) is 9.96. The van der Waals surface area contributed by atoms with E-state index in [9.17, 15) is 20.4 Å². The molecule has 10 nitrogen and oxygen atoms in total. The second kappa shape index (κ2) is 9.59. The highest BCUT2D eigenvalue weighted by molar-refractivity contribution is 8.00. The molecule has 0 bridgehead atoms. The van der Waals surface area contributed by atoms with Crippen LogP contribution in [0.15, 0.2) is 27.7 Å². The number of pyridine rings is 1. The van der Waals surface area contributed by atoms with Crippen LogP contribution in [0.3, 0.4) is 0 Å². The standard InChI is InChI=1S/C22H21N7O3S/c1-5-13-8-6-7-11(2)17(13)26-20(30)12(3)33-21-15(10-24)16(14(9-23)19(25)27-21)18-22(31)32-28-29(18)4/h6-8,12H,5H2,1-4H3,(H3-,25,26,27,28,30,31). The van der Waals surface area contributed by atoms with Crippen LogP contribution in [-0.2, 0) is 18.3 Å². The van der Waals surface area contributed by atoms with Gasteiger partial charge in [0.25, 0.3) is 5.69 Å². The zero-order chi connectivity index (χ0) is 24.3. The van der Waals surface area contributed by atoms with Gasteiger partial charge in [-0.1, -0.05) is 41.6 Å². The topological polar surface area (TPSA) is 169 Å². The van der Waals surface area contributed by atoms with Gasteiger partial charge in [-0.15, -0.1) is 0 Å². The van der Waals surface area contributed by atoms with Gasteiger partial charge in [0, 0.05) is 5.69 Å². The molecule has 1 amide bonds. The first-order valence-corrected chi connectivity index (χ1v) is 10.8. The maximum Gasteiger partial charge on any atom is 0.266 e. The fourth-order valence-corrected chi connectivity index (χ4v) is 4.26. The van der Waals surface area contributed by atoms with Gasteiger partial charge in [-0.05, 0) is 31.4 Å². The summed E-state index contributed by atoms with van der Waals surface area (Å²) >= 11 is 1.00. The molecule has 2 heterocycles. The number of aromatic nitrogens is 3. The number of thioether (sulfide) groups is 1. The molecule has 3 N–H and O–H groups in total. The van der Waals surface area contributed by atoms with Gasteiger partial charge in [-0.25, -0.2) is 4.98 Å². The lowest BCUT2D eigenvalue weighted by atomic mass is 10.0. The molecule has 0 saturated carbocycles. The van der Waals surface area contributed by atoms with Gasteiger partial charge in [0.05, 0.1) is 21.6 Å². The molecule has 0 radical (unpaired) electrons. The molecule has 33 heavy (non-hydrogen) atoms. The van der Waals surface area contributed by atoms with Gasteiger partial charge in [0.1, 0.15) is 28.5 Å². The molecule has 0 saturated heterocycles. The monoisotopic (exact) mass is 463 g/mol. The Labute approximate surface area is 194 Å². The maximum absolute atomic E-state index is 13.0. The van der Waals surface area contributed by atoms with Gasteiger partial charge in [-0.2, -0.15) is 10.5 Å². The average molecular weight is 464 g/mol. The zero-order valence-corrected chi connectivity index (χ0v) is 19.3. The zero-order valence-electron chi connectivity index (χ0n) is 18.5. The first kappa shape index (κ1) is 23.6.